The lowest BCUT2D eigenvalue weighted by molar-refractivity contribution is -0.955. The summed E-state index contributed by atoms with van der Waals surface area (Å²) in [5.41, 5.74) is 7.83. The number of ether oxygens (including phenoxy) is 1. The number of morpholine rings is 1. The monoisotopic (exact) mass is 536 g/mol. The summed E-state index contributed by atoms with van der Waals surface area (Å²) in [6, 6.07) is 0.649. The molecule has 5 N–H and O–H groups in total. The average Bonchev–Trinajstić information content (AvgIpc) is 2.92. The Bertz CT molecular complexity index is 861. The van der Waals surface area contributed by atoms with Crippen LogP contribution in [0.4, 0.5) is 4.39 Å². The Balaban J connectivity index is 1.35. The predicted molar refractivity (Wildman–Crippen MR) is 147 cm³/mol. The van der Waals surface area contributed by atoms with Gasteiger partial charge in [-0.15, -0.1) is 0 Å². The second-order valence-corrected chi connectivity index (χ2v) is 12.4. The van der Waals surface area contributed by atoms with Crippen molar-refractivity contribution in [3.8, 4) is 0 Å². The average molecular weight is 537 g/mol. The number of fused-ring (bicyclic) bond motifs is 4. The summed E-state index contributed by atoms with van der Waals surface area (Å²) >= 11 is 0. The van der Waals surface area contributed by atoms with Gasteiger partial charge in [-0.2, -0.15) is 0 Å². The zero-order chi connectivity index (χ0) is 26.9. The summed E-state index contributed by atoms with van der Waals surface area (Å²) in [5, 5.41) is 10.5. The number of halogens is 1. The van der Waals surface area contributed by atoms with Gasteiger partial charge in [0.2, 0.25) is 5.91 Å². The number of rotatable bonds is 5. The van der Waals surface area contributed by atoms with E-state index in [1.54, 1.807) is 0 Å². The van der Waals surface area contributed by atoms with E-state index in [0.29, 0.717) is 29.4 Å². The molecular formula is C28H51FN7O2+. The minimum Gasteiger partial charge on any atom is -0.378 e. The largest absolute Gasteiger partial charge is 0.378 e. The van der Waals surface area contributed by atoms with Gasteiger partial charge in [-0.05, 0) is 33.2 Å². The van der Waals surface area contributed by atoms with Crippen LogP contribution >= 0.6 is 0 Å². The number of nitrogens with zero attached hydrogens (tertiary/aromatic N) is 3. The normalized spacial score (nSPS) is 43.0. The highest BCUT2D eigenvalue weighted by Crippen LogP contribution is 2.34. The topological polar surface area (TPSA) is 94.9 Å². The second-order valence-electron chi connectivity index (χ2n) is 12.4. The molecule has 0 radical (unpaired) electrons. The summed E-state index contributed by atoms with van der Waals surface area (Å²) in [5.74, 6) is -0.154. The van der Waals surface area contributed by atoms with Gasteiger partial charge >= 0.3 is 0 Å². The first-order valence-corrected chi connectivity index (χ1v) is 15.1. The number of nitrogens with two attached hydrogens (primary N) is 1. The number of hydrogen-bond acceptors (Lipinski definition) is 7. The Morgan fingerprint density at radius 1 is 1.26 bits per heavy atom. The van der Waals surface area contributed by atoms with Crippen LogP contribution in [0.25, 0.3) is 0 Å². The molecule has 5 heterocycles. The van der Waals surface area contributed by atoms with Gasteiger partial charge in [0.25, 0.3) is 0 Å². The fourth-order valence-corrected chi connectivity index (χ4v) is 7.99. The summed E-state index contributed by atoms with van der Waals surface area (Å²) in [7, 11) is 0. The lowest BCUT2D eigenvalue weighted by Crippen LogP contribution is -2.71. The van der Waals surface area contributed by atoms with E-state index in [9.17, 15) is 4.79 Å². The lowest BCUT2D eigenvalue weighted by Gasteiger charge is -2.52. The molecule has 4 saturated heterocycles. The predicted octanol–water partition coefficient (Wildman–Crippen LogP) is 0.231. The van der Waals surface area contributed by atoms with Crippen LogP contribution in [0.5, 0.6) is 0 Å². The zero-order valence-corrected chi connectivity index (χ0v) is 23.7. The Kier molecular flexibility index (Phi) is 8.96. The number of piperazine rings is 1. The van der Waals surface area contributed by atoms with Gasteiger partial charge in [0.05, 0.1) is 38.5 Å². The van der Waals surface area contributed by atoms with Gasteiger partial charge in [0, 0.05) is 62.8 Å². The maximum absolute atomic E-state index is 15.2. The van der Waals surface area contributed by atoms with Crippen LogP contribution in [-0.4, -0.2) is 129 Å². The maximum atomic E-state index is 15.2. The van der Waals surface area contributed by atoms with Crippen LogP contribution in [0.1, 0.15) is 40.0 Å². The number of piperidine rings is 1. The van der Waals surface area contributed by atoms with Crippen LogP contribution in [0.3, 0.4) is 0 Å². The molecule has 9 atom stereocenters. The highest BCUT2D eigenvalue weighted by molar-refractivity contribution is 5.80. The summed E-state index contributed by atoms with van der Waals surface area (Å²) < 4.78 is 21.5. The van der Waals surface area contributed by atoms with Crippen LogP contribution in [0.2, 0.25) is 0 Å². The summed E-state index contributed by atoms with van der Waals surface area (Å²) in [6.07, 6.45) is 2.96. The van der Waals surface area contributed by atoms with Crippen molar-refractivity contribution in [2.45, 2.75) is 76.5 Å². The smallest absolute Gasteiger partial charge is 0.232 e. The van der Waals surface area contributed by atoms with E-state index in [4.69, 9.17) is 10.5 Å². The third kappa shape index (κ3) is 5.63. The molecule has 9 unspecified atom stereocenters. The highest BCUT2D eigenvalue weighted by Gasteiger charge is 2.50. The first-order chi connectivity index (χ1) is 18.3. The molecule has 4 fully saturated rings. The molecule has 5 rings (SSSR count). The molecule has 0 aromatic carbocycles. The van der Waals surface area contributed by atoms with Gasteiger partial charge in [0.1, 0.15) is 18.5 Å². The Labute approximate surface area is 228 Å². The van der Waals surface area contributed by atoms with E-state index in [2.05, 4.69) is 46.5 Å². The van der Waals surface area contributed by atoms with Crippen LogP contribution < -0.4 is 21.7 Å². The molecule has 216 valence electrons. The van der Waals surface area contributed by atoms with Crippen molar-refractivity contribution in [2.24, 2.45) is 17.6 Å². The fraction of sp³-hybridized carbons (Fsp3) is 0.893. The molecular weight excluding hydrogens is 485 g/mol. The van der Waals surface area contributed by atoms with Gasteiger partial charge < -0.3 is 30.9 Å². The summed E-state index contributed by atoms with van der Waals surface area (Å²) in [6.45, 7) is 15.9. The third-order valence-electron chi connectivity index (χ3n) is 10.4. The molecule has 10 heteroatoms. The number of carbonyl (C=O) groups is 1. The standard InChI is InChI=1S/C28H50FN7O2/c1-4-20-16-36(5-2)17-21(29)6-7-23(20)32-27(30)26(19(36)3)28(37)33-24-14-31-9-8-25(24)35-11-10-34-12-13-38-18-22(34)15-35/h7,19-22,24-27,31-32H,4-6,8-18,30H2,1-3H3/p+1. The third-order valence-corrected chi connectivity index (χ3v) is 10.4. The minimum atomic E-state index is -0.917. The van der Waals surface area contributed by atoms with E-state index in [1.807, 2.05) is 6.08 Å². The Hall–Kier alpha value is -1.30. The van der Waals surface area contributed by atoms with Crippen molar-refractivity contribution >= 4 is 5.91 Å². The number of nitrogens with one attached hydrogen (secondary N) is 3. The van der Waals surface area contributed by atoms with Crippen LogP contribution in [-0.2, 0) is 9.53 Å². The van der Waals surface area contributed by atoms with Crippen molar-refractivity contribution in [1.29, 1.82) is 0 Å². The zero-order valence-electron chi connectivity index (χ0n) is 23.7. The molecule has 9 nitrogen and oxygen atoms in total. The molecule has 0 spiro atoms. The highest BCUT2D eigenvalue weighted by atomic mass is 19.1. The lowest BCUT2D eigenvalue weighted by atomic mass is 9.85. The van der Waals surface area contributed by atoms with E-state index in [-0.39, 0.29) is 24.0 Å². The SMILES string of the molecule is CCC1C[N+]2(CC)CC(F)CC=C1NC(N)C(C(=O)NC1CNCCC1N1CCN3CCOCC3C1)C2C. The quantitative estimate of drug-likeness (QED) is 0.374. The van der Waals surface area contributed by atoms with Crippen molar-refractivity contribution in [1.82, 2.24) is 25.8 Å². The van der Waals surface area contributed by atoms with Crippen molar-refractivity contribution in [2.75, 3.05) is 72.1 Å². The van der Waals surface area contributed by atoms with Gasteiger partial charge in [-0.25, -0.2) is 4.39 Å². The van der Waals surface area contributed by atoms with Crippen LogP contribution in [0.15, 0.2) is 11.8 Å². The molecule has 0 aromatic heterocycles. The van der Waals surface area contributed by atoms with Crippen molar-refractivity contribution in [3.63, 3.8) is 0 Å². The van der Waals surface area contributed by atoms with Crippen molar-refractivity contribution < 1.29 is 18.4 Å². The number of allylic oxidation sites excluding steroid dienone is 1. The number of carbonyl (C=O) groups excluding carboxylic acids is 1. The Morgan fingerprint density at radius 3 is 2.87 bits per heavy atom. The van der Waals surface area contributed by atoms with Crippen molar-refractivity contribution in [3.05, 3.63) is 11.8 Å². The number of amides is 1. The Morgan fingerprint density at radius 2 is 2.08 bits per heavy atom. The molecule has 2 bridgehead atoms. The number of hydrogen-bond donors (Lipinski definition) is 4. The molecule has 0 aromatic rings. The fourth-order valence-electron chi connectivity index (χ4n) is 7.99. The molecule has 38 heavy (non-hydrogen) atoms. The molecule has 5 aliphatic rings. The first kappa shape index (κ1) is 28.2. The summed E-state index contributed by atoms with van der Waals surface area (Å²) in [4.78, 5) is 19.3. The van der Waals surface area contributed by atoms with Gasteiger partial charge in [-0.1, -0.05) is 13.0 Å². The van der Waals surface area contributed by atoms with E-state index in [0.717, 1.165) is 84.1 Å². The molecule has 0 saturated carbocycles. The minimum absolute atomic E-state index is 0.00272. The molecule has 1 amide bonds. The maximum Gasteiger partial charge on any atom is 0.232 e. The number of quaternary nitrogens is 1. The first-order valence-electron chi connectivity index (χ1n) is 15.1. The van der Waals surface area contributed by atoms with E-state index in [1.165, 1.54) is 0 Å². The second kappa shape index (κ2) is 12.1. The van der Waals surface area contributed by atoms with E-state index >= 15 is 4.39 Å². The molecule has 5 aliphatic heterocycles. The van der Waals surface area contributed by atoms with E-state index < -0.39 is 18.3 Å². The number of alkyl halides is 1. The van der Waals surface area contributed by atoms with Gasteiger partial charge in [0.15, 0.2) is 6.17 Å². The van der Waals surface area contributed by atoms with Gasteiger partial charge in [-0.3, -0.25) is 14.6 Å². The molecule has 0 aliphatic carbocycles. The van der Waals surface area contributed by atoms with Crippen LogP contribution in [0, 0.1) is 11.8 Å².